The number of methoxy groups -OCH3 is 1. The molecule has 4 heteroatoms. The Morgan fingerprint density at radius 2 is 2.15 bits per heavy atom. The summed E-state index contributed by atoms with van der Waals surface area (Å²) in [5.41, 5.74) is 0.909. The number of hydrogen-bond donors (Lipinski definition) is 1. The summed E-state index contributed by atoms with van der Waals surface area (Å²) in [4.78, 5) is 2.24. The highest BCUT2D eigenvalue weighted by atomic mass is 32.1. The molecule has 1 aromatic rings. The zero-order valence-electron chi connectivity index (χ0n) is 12.0. The third-order valence-electron chi connectivity index (χ3n) is 3.70. The Balaban J connectivity index is 2.09. The summed E-state index contributed by atoms with van der Waals surface area (Å²) in [5.74, 6) is 0.805. The van der Waals surface area contributed by atoms with Crippen LogP contribution < -0.4 is 10.1 Å². The molecule has 0 spiro atoms. The average Bonchev–Trinajstić information content (AvgIpc) is 2.99. The second-order valence-corrected chi connectivity index (χ2v) is 5.40. The largest absolute Gasteiger partial charge is 0.495 e. The molecule has 0 aromatic heterocycles. The number of anilines is 1. The fourth-order valence-corrected chi connectivity index (χ4v) is 3.02. The van der Waals surface area contributed by atoms with E-state index in [4.69, 9.17) is 17.0 Å². The Bertz CT molecular complexity index is 469. The first-order chi connectivity index (χ1) is 9.76. The molecule has 1 aliphatic rings. The standard InChI is InChI=1S/C16H22N2OS/c1-3-12-18(13-8-4-5-9-13)16(20)17-14-10-6-7-11-15(14)19-2/h3,6-7,10-11,13H,1,4-5,8-9,12H2,2H3,(H,17,20). The van der Waals surface area contributed by atoms with Gasteiger partial charge in [-0.3, -0.25) is 0 Å². The molecule has 0 heterocycles. The number of ether oxygens (including phenoxy) is 1. The van der Waals surface area contributed by atoms with Crippen LogP contribution in [0.15, 0.2) is 36.9 Å². The number of nitrogens with one attached hydrogen (secondary N) is 1. The van der Waals surface area contributed by atoms with Gasteiger partial charge in [0.1, 0.15) is 5.75 Å². The van der Waals surface area contributed by atoms with Gasteiger partial charge < -0.3 is 15.0 Å². The van der Waals surface area contributed by atoms with Crippen LogP contribution >= 0.6 is 12.2 Å². The van der Waals surface area contributed by atoms with Crippen LogP contribution in [0.3, 0.4) is 0 Å². The van der Waals surface area contributed by atoms with Crippen molar-refractivity contribution in [2.75, 3.05) is 19.0 Å². The van der Waals surface area contributed by atoms with E-state index in [2.05, 4.69) is 16.8 Å². The predicted molar refractivity (Wildman–Crippen MR) is 88.4 cm³/mol. The lowest BCUT2D eigenvalue weighted by molar-refractivity contribution is 0.347. The third-order valence-corrected chi connectivity index (χ3v) is 4.04. The second-order valence-electron chi connectivity index (χ2n) is 5.01. The van der Waals surface area contributed by atoms with E-state index in [1.807, 2.05) is 30.3 Å². The van der Waals surface area contributed by atoms with Crippen molar-refractivity contribution in [1.29, 1.82) is 0 Å². The highest BCUT2D eigenvalue weighted by Gasteiger charge is 2.24. The first-order valence-electron chi connectivity index (χ1n) is 7.07. The lowest BCUT2D eigenvalue weighted by Gasteiger charge is -2.30. The zero-order chi connectivity index (χ0) is 14.4. The minimum atomic E-state index is 0.530. The summed E-state index contributed by atoms with van der Waals surface area (Å²) < 4.78 is 5.35. The van der Waals surface area contributed by atoms with Gasteiger partial charge in [-0.25, -0.2) is 0 Å². The van der Waals surface area contributed by atoms with Gasteiger partial charge in [0.25, 0.3) is 0 Å². The Kier molecular flexibility index (Phi) is 5.41. The van der Waals surface area contributed by atoms with Crippen molar-refractivity contribution in [2.24, 2.45) is 0 Å². The van der Waals surface area contributed by atoms with Gasteiger partial charge in [0.15, 0.2) is 5.11 Å². The van der Waals surface area contributed by atoms with Crippen LogP contribution in [-0.4, -0.2) is 29.7 Å². The van der Waals surface area contributed by atoms with E-state index < -0.39 is 0 Å². The summed E-state index contributed by atoms with van der Waals surface area (Å²) in [6, 6.07) is 8.36. The van der Waals surface area contributed by atoms with Crippen molar-refractivity contribution in [3.05, 3.63) is 36.9 Å². The monoisotopic (exact) mass is 290 g/mol. The fraction of sp³-hybridized carbons (Fsp3) is 0.438. The van der Waals surface area contributed by atoms with Crippen molar-refractivity contribution >= 4 is 23.0 Å². The molecule has 0 radical (unpaired) electrons. The number of rotatable bonds is 5. The molecule has 0 atom stereocenters. The van der Waals surface area contributed by atoms with Gasteiger partial charge in [-0.1, -0.05) is 31.1 Å². The molecule has 1 fully saturated rings. The van der Waals surface area contributed by atoms with Gasteiger partial charge in [-0.15, -0.1) is 6.58 Å². The Hall–Kier alpha value is -1.55. The maximum atomic E-state index is 5.58. The van der Waals surface area contributed by atoms with Crippen LogP contribution in [0.5, 0.6) is 5.75 Å². The number of nitrogens with zero attached hydrogens (tertiary/aromatic N) is 1. The zero-order valence-corrected chi connectivity index (χ0v) is 12.8. The van der Waals surface area contributed by atoms with Crippen molar-refractivity contribution in [3.63, 3.8) is 0 Å². The summed E-state index contributed by atoms with van der Waals surface area (Å²) >= 11 is 5.58. The second kappa shape index (κ2) is 7.29. The lowest BCUT2D eigenvalue weighted by Crippen LogP contribution is -2.41. The SMILES string of the molecule is C=CCN(C(=S)Nc1ccccc1OC)C1CCCC1. The van der Waals surface area contributed by atoms with Gasteiger partial charge in [0.05, 0.1) is 12.8 Å². The maximum Gasteiger partial charge on any atom is 0.174 e. The molecule has 3 nitrogen and oxygen atoms in total. The molecule has 1 saturated carbocycles. The van der Waals surface area contributed by atoms with E-state index in [0.29, 0.717) is 6.04 Å². The quantitative estimate of drug-likeness (QED) is 0.658. The minimum Gasteiger partial charge on any atom is -0.495 e. The van der Waals surface area contributed by atoms with Gasteiger partial charge >= 0.3 is 0 Å². The summed E-state index contributed by atoms with van der Waals surface area (Å²) in [5, 5.41) is 4.06. The van der Waals surface area contributed by atoms with Crippen molar-refractivity contribution in [3.8, 4) is 5.75 Å². The molecule has 0 saturated heterocycles. The molecular formula is C16H22N2OS. The van der Waals surface area contributed by atoms with Crippen molar-refractivity contribution < 1.29 is 4.74 Å². The summed E-state index contributed by atoms with van der Waals surface area (Å²) in [6.07, 6.45) is 6.91. The molecule has 1 aliphatic carbocycles. The number of thiocarbonyl (C=S) groups is 1. The molecule has 20 heavy (non-hydrogen) atoms. The molecular weight excluding hydrogens is 268 g/mol. The smallest absolute Gasteiger partial charge is 0.174 e. The first kappa shape index (κ1) is 14.9. The molecule has 2 rings (SSSR count). The van der Waals surface area contributed by atoms with Crippen LogP contribution in [0, 0.1) is 0 Å². The van der Waals surface area contributed by atoms with E-state index >= 15 is 0 Å². The Labute approximate surface area is 126 Å². The number of hydrogen-bond acceptors (Lipinski definition) is 2. The fourth-order valence-electron chi connectivity index (χ4n) is 2.69. The highest BCUT2D eigenvalue weighted by molar-refractivity contribution is 7.80. The summed E-state index contributed by atoms with van der Waals surface area (Å²) in [7, 11) is 1.67. The van der Waals surface area contributed by atoms with Crippen molar-refractivity contribution in [1.82, 2.24) is 4.90 Å². The van der Waals surface area contributed by atoms with Crippen molar-refractivity contribution in [2.45, 2.75) is 31.7 Å². The number of benzene rings is 1. The molecule has 0 aliphatic heterocycles. The third kappa shape index (κ3) is 3.51. The van der Waals surface area contributed by atoms with E-state index in [1.54, 1.807) is 7.11 Å². The highest BCUT2D eigenvalue weighted by Crippen LogP contribution is 2.27. The van der Waals surface area contributed by atoms with Crippen LogP contribution in [0.1, 0.15) is 25.7 Å². The van der Waals surface area contributed by atoms with Crippen LogP contribution in [0.25, 0.3) is 0 Å². The summed E-state index contributed by atoms with van der Waals surface area (Å²) in [6.45, 7) is 4.62. The molecule has 1 aromatic carbocycles. The van der Waals surface area contributed by atoms with Crippen LogP contribution in [0.4, 0.5) is 5.69 Å². The van der Waals surface area contributed by atoms with Crippen LogP contribution in [0.2, 0.25) is 0 Å². The normalized spacial score (nSPS) is 14.8. The van der Waals surface area contributed by atoms with E-state index in [-0.39, 0.29) is 0 Å². The van der Waals surface area contributed by atoms with E-state index in [1.165, 1.54) is 25.7 Å². The molecule has 0 bridgehead atoms. The van der Waals surface area contributed by atoms with E-state index in [9.17, 15) is 0 Å². The minimum absolute atomic E-state index is 0.530. The Morgan fingerprint density at radius 3 is 2.80 bits per heavy atom. The first-order valence-corrected chi connectivity index (χ1v) is 7.48. The maximum absolute atomic E-state index is 5.58. The predicted octanol–water partition coefficient (Wildman–Crippen LogP) is 3.82. The Morgan fingerprint density at radius 1 is 1.45 bits per heavy atom. The molecule has 0 unspecified atom stereocenters. The number of para-hydroxylation sites is 2. The lowest BCUT2D eigenvalue weighted by atomic mass is 10.2. The molecule has 108 valence electrons. The average molecular weight is 290 g/mol. The molecule has 1 N–H and O–H groups in total. The van der Waals surface area contributed by atoms with Gasteiger partial charge in [-0.2, -0.15) is 0 Å². The van der Waals surface area contributed by atoms with Gasteiger partial charge in [-0.05, 0) is 37.2 Å². The van der Waals surface area contributed by atoms with Crippen LogP contribution in [-0.2, 0) is 0 Å². The molecule has 0 amide bonds. The van der Waals surface area contributed by atoms with E-state index in [0.717, 1.165) is 23.1 Å². The van der Waals surface area contributed by atoms with Gasteiger partial charge in [0, 0.05) is 12.6 Å². The van der Waals surface area contributed by atoms with Gasteiger partial charge in [0.2, 0.25) is 0 Å². The topological polar surface area (TPSA) is 24.5 Å².